The predicted molar refractivity (Wildman–Crippen MR) is 149 cm³/mol. The number of alkyl halides is 5. The number of halogens is 5. The van der Waals surface area contributed by atoms with Crippen LogP contribution in [0.2, 0.25) is 0 Å². The van der Waals surface area contributed by atoms with Crippen molar-refractivity contribution in [2.24, 2.45) is 5.10 Å². The molecule has 0 aromatic heterocycles. The Labute approximate surface area is 233 Å². The number of nitrogens with zero attached hydrogens (tertiary/aromatic N) is 2. The molecule has 0 bridgehead atoms. The molecule has 3 aromatic rings. The van der Waals surface area contributed by atoms with E-state index in [1.54, 1.807) is 11.2 Å². The lowest BCUT2D eigenvalue weighted by molar-refractivity contribution is -0.360. The van der Waals surface area contributed by atoms with Crippen LogP contribution in [0.1, 0.15) is 35.2 Å². The van der Waals surface area contributed by atoms with Crippen LogP contribution in [0, 0.1) is 13.8 Å². The number of benzene rings is 3. The average molecular weight is 576 g/mol. The summed E-state index contributed by atoms with van der Waals surface area (Å²) < 4.78 is 67.3. The number of aryl methyl sites for hydroxylation is 2. The van der Waals surface area contributed by atoms with E-state index in [9.17, 15) is 22.0 Å². The second-order valence-electron chi connectivity index (χ2n) is 9.17. The van der Waals surface area contributed by atoms with Gasteiger partial charge in [0.25, 0.3) is 0 Å². The maximum Gasteiger partial charge on any atom is 0.499 e. The molecule has 40 heavy (non-hydrogen) atoms. The fraction of sp³-hybridized carbons (Fsp3) is 0.214. The normalized spacial score (nSPS) is 15.8. The van der Waals surface area contributed by atoms with E-state index in [0.717, 1.165) is 45.6 Å². The Kier molecular flexibility index (Phi) is 8.40. The van der Waals surface area contributed by atoms with Crippen molar-refractivity contribution in [1.82, 2.24) is 10.9 Å². The highest BCUT2D eigenvalue weighted by Crippen LogP contribution is 2.38. The summed E-state index contributed by atoms with van der Waals surface area (Å²) in [6, 6.07) is 18.3. The van der Waals surface area contributed by atoms with E-state index in [4.69, 9.17) is 12.2 Å². The Bertz CT molecular complexity index is 1400. The average Bonchev–Trinajstić information content (AvgIpc) is 3.28. The number of nitrogens with one attached hydrogen (secondary N) is 3. The third kappa shape index (κ3) is 6.75. The van der Waals surface area contributed by atoms with Crippen LogP contribution in [0.5, 0.6) is 5.75 Å². The van der Waals surface area contributed by atoms with Crippen molar-refractivity contribution in [2.75, 3.05) is 10.3 Å². The molecule has 1 aliphatic rings. The van der Waals surface area contributed by atoms with Crippen LogP contribution in [0.4, 0.5) is 33.3 Å². The summed E-state index contributed by atoms with van der Waals surface area (Å²) in [5, 5.41) is 9.39. The first-order valence-electron chi connectivity index (χ1n) is 12.1. The first-order valence-corrected chi connectivity index (χ1v) is 12.5. The molecule has 0 saturated heterocycles. The Morgan fingerprint density at radius 1 is 0.950 bits per heavy atom. The molecule has 1 heterocycles. The van der Waals surface area contributed by atoms with Crippen molar-refractivity contribution in [1.29, 1.82) is 0 Å². The number of hydrogen-bond donors (Lipinski definition) is 3. The molecule has 0 amide bonds. The predicted octanol–water partition coefficient (Wildman–Crippen LogP) is 7.13. The number of anilines is 2. The van der Waals surface area contributed by atoms with Gasteiger partial charge in [-0.05, 0) is 85.1 Å². The molecule has 0 saturated carbocycles. The molecule has 4 rings (SSSR count). The zero-order valence-corrected chi connectivity index (χ0v) is 22.5. The minimum atomic E-state index is -5.81. The van der Waals surface area contributed by atoms with Gasteiger partial charge in [0, 0.05) is 11.9 Å². The Balaban J connectivity index is 1.33. The Morgan fingerprint density at radius 2 is 1.57 bits per heavy atom. The summed E-state index contributed by atoms with van der Waals surface area (Å²) in [5.41, 5.74) is 12.5. The van der Waals surface area contributed by atoms with Crippen LogP contribution in [0.15, 0.2) is 83.6 Å². The monoisotopic (exact) mass is 575 g/mol. The first kappa shape index (κ1) is 29.0. The van der Waals surface area contributed by atoms with Crippen LogP contribution in [-0.2, 0) is 0 Å². The third-order valence-corrected chi connectivity index (χ3v) is 6.31. The van der Waals surface area contributed by atoms with Crippen molar-refractivity contribution in [3.05, 3.63) is 101 Å². The van der Waals surface area contributed by atoms with Gasteiger partial charge in [-0.1, -0.05) is 42.5 Å². The van der Waals surface area contributed by atoms with Gasteiger partial charge in [-0.25, -0.2) is 5.43 Å². The van der Waals surface area contributed by atoms with E-state index in [-0.39, 0.29) is 6.04 Å². The molecule has 1 atom stereocenters. The summed E-state index contributed by atoms with van der Waals surface area (Å²) in [6.07, 6.45) is -7.63. The number of hydrazine groups is 1. The lowest BCUT2D eigenvalue weighted by Crippen LogP contribution is -2.41. The van der Waals surface area contributed by atoms with Gasteiger partial charge in [-0.2, -0.15) is 27.1 Å². The lowest BCUT2D eigenvalue weighted by Gasteiger charge is -2.22. The van der Waals surface area contributed by atoms with Gasteiger partial charge in [0.1, 0.15) is 5.75 Å². The maximum absolute atomic E-state index is 13.1. The van der Waals surface area contributed by atoms with Crippen LogP contribution in [0.3, 0.4) is 0 Å². The number of thiocarbonyl (C=S) groups is 1. The molecule has 12 heteroatoms. The molecule has 3 aromatic carbocycles. The van der Waals surface area contributed by atoms with Gasteiger partial charge in [0.15, 0.2) is 5.11 Å². The van der Waals surface area contributed by atoms with Crippen LogP contribution < -0.4 is 25.9 Å². The van der Waals surface area contributed by atoms with Crippen LogP contribution in [-0.4, -0.2) is 23.6 Å². The molecule has 3 N–H and O–H groups in total. The summed E-state index contributed by atoms with van der Waals surface area (Å²) >= 11 is 5.33. The topological polar surface area (TPSA) is 60.9 Å². The molecule has 0 fully saturated rings. The highest BCUT2D eigenvalue weighted by molar-refractivity contribution is 7.80. The largest absolute Gasteiger partial charge is 0.499 e. The third-order valence-electron chi connectivity index (χ3n) is 6.12. The SMILES string of the molecule is CC1=CN(c2ccc(OC(F)(F)C(F)(F)F)cc2)NC1c1ccc(/C=N/NC(=S)Nc2c(C)cccc2C)cc1. The van der Waals surface area contributed by atoms with Crippen LogP contribution >= 0.6 is 12.2 Å². The molecule has 0 radical (unpaired) electrons. The number of ether oxygens (including phenoxy) is 1. The molecule has 6 nitrogen and oxygen atoms in total. The van der Waals surface area contributed by atoms with Crippen molar-refractivity contribution in [2.45, 2.75) is 39.1 Å². The first-order chi connectivity index (χ1) is 18.8. The summed E-state index contributed by atoms with van der Waals surface area (Å²) in [5.74, 6) is -0.601. The fourth-order valence-electron chi connectivity index (χ4n) is 4.02. The summed E-state index contributed by atoms with van der Waals surface area (Å²) in [4.78, 5) is 0. The van der Waals surface area contributed by atoms with Gasteiger partial charge in [0.05, 0.1) is 17.9 Å². The second-order valence-corrected chi connectivity index (χ2v) is 9.58. The molecule has 1 aliphatic heterocycles. The Hall–Kier alpha value is -4.03. The van der Waals surface area contributed by atoms with E-state index in [1.807, 2.05) is 69.4 Å². The highest BCUT2D eigenvalue weighted by atomic mass is 32.1. The van der Waals surface area contributed by atoms with Crippen molar-refractivity contribution >= 4 is 34.9 Å². The van der Waals surface area contributed by atoms with Crippen LogP contribution in [0.25, 0.3) is 0 Å². The quantitative estimate of drug-likeness (QED) is 0.121. The fourth-order valence-corrected chi connectivity index (χ4v) is 4.17. The summed E-state index contributed by atoms with van der Waals surface area (Å²) in [6.45, 7) is 5.91. The van der Waals surface area contributed by atoms with Crippen molar-refractivity contribution in [3.8, 4) is 5.75 Å². The number of para-hydroxylation sites is 1. The molecular weight excluding hydrogens is 549 g/mol. The smallest absolute Gasteiger partial charge is 0.426 e. The number of rotatable bonds is 7. The van der Waals surface area contributed by atoms with E-state index in [0.29, 0.717) is 10.8 Å². The molecule has 0 spiro atoms. The number of hydrazone groups is 1. The van der Waals surface area contributed by atoms with Gasteiger partial charge < -0.3 is 10.1 Å². The van der Waals surface area contributed by atoms with Crippen molar-refractivity contribution in [3.63, 3.8) is 0 Å². The second kappa shape index (κ2) is 11.6. The van der Waals surface area contributed by atoms with Gasteiger partial charge in [0.2, 0.25) is 0 Å². The van der Waals surface area contributed by atoms with Crippen molar-refractivity contribution < 1.29 is 26.7 Å². The standard InChI is InChI=1S/C28H26F5N5OS/c1-17-5-4-6-18(2)24(17)35-26(40)36-34-15-20-7-9-21(10-8-20)25-19(3)16-38(37-25)22-11-13-23(14-12-22)39-28(32,33)27(29,30)31/h4-16,25,37H,1-3H3,(H2,35,36,40)/b34-15+. The highest BCUT2D eigenvalue weighted by Gasteiger charge is 2.61. The maximum atomic E-state index is 13.1. The molecule has 1 unspecified atom stereocenters. The van der Waals surface area contributed by atoms with E-state index in [1.165, 1.54) is 12.1 Å². The zero-order valence-electron chi connectivity index (χ0n) is 21.7. The molecule has 0 aliphatic carbocycles. The minimum Gasteiger partial charge on any atom is -0.426 e. The van der Waals surface area contributed by atoms with Gasteiger partial charge >= 0.3 is 12.3 Å². The summed E-state index contributed by atoms with van der Waals surface area (Å²) in [7, 11) is 0. The Morgan fingerprint density at radius 3 is 2.17 bits per heavy atom. The van der Waals surface area contributed by atoms with E-state index < -0.39 is 18.0 Å². The van der Waals surface area contributed by atoms with Gasteiger partial charge in [-0.3, -0.25) is 10.4 Å². The van der Waals surface area contributed by atoms with E-state index >= 15 is 0 Å². The lowest BCUT2D eigenvalue weighted by atomic mass is 10.0. The molecular formula is C28H26F5N5OS. The zero-order chi connectivity index (χ0) is 29.1. The van der Waals surface area contributed by atoms with E-state index in [2.05, 4.69) is 26.0 Å². The molecule has 210 valence electrons. The van der Waals surface area contributed by atoms with Gasteiger partial charge in [-0.15, -0.1) is 0 Å². The number of hydrogen-bond acceptors (Lipinski definition) is 5. The minimum absolute atomic E-state index is 0.177.